The number of benzene rings is 1. The van der Waals surface area contributed by atoms with E-state index in [1.807, 2.05) is 6.07 Å². The van der Waals surface area contributed by atoms with Crippen LogP contribution in [0.4, 0.5) is 10.1 Å². The standard InChI is InChI=1S/C24H26BrClFN5OS/c1-16(2)32-9-7-31(8-10-32)15-17-3-4-20(21(27)11-17)22-13-19(5-6-28-22)30-34(33)23-12-18(25)14-29-24(23)26/h3-6,11-14,16H,7-10,15H2,1-2H3,(H,28,30). The number of pyridine rings is 2. The molecule has 34 heavy (non-hydrogen) atoms. The van der Waals surface area contributed by atoms with E-state index in [0.29, 0.717) is 32.4 Å². The summed E-state index contributed by atoms with van der Waals surface area (Å²) in [5.41, 5.74) is 2.32. The van der Waals surface area contributed by atoms with Crippen LogP contribution in [0, 0.1) is 5.82 Å². The monoisotopic (exact) mass is 565 g/mol. The number of aromatic nitrogens is 2. The van der Waals surface area contributed by atoms with Gasteiger partial charge in [-0.05, 0) is 65.7 Å². The summed E-state index contributed by atoms with van der Waals surface area (Å²) in [6.07, 6.45) is 3.09. The normalized spacial score (nSPS) is 16.1. The van der Waals surface area contributed by atoms with Crippen molar-refractivity contribution in [1.29, 1.82) is 0 Å². The lowest BCUT2D eigenvalue weighted by atomic mass is 10.1. The first-order valence-corrected chi connectivity index (χ1v) is 13.3. The maximum absolute atomic E-state index is 15.0. The number of rotatable bonds is 7. The smallest absolute Gasteiger partial charge is 0.153 e. The van der Waals surface area contributed by atoms with Crippen molar-refractivity contribution >= 4 is 44.2 Å². The van der Waals surface area contributed by atoms with Crippen LogP contribution in [0.5, 0.6) is 0 Å². The van der Waals surface area contributed by atoms with Crippen LogP contribution < -0.4 is 4.72 Å². The van der Waals surface area contributed by atoms with Crippen molar-refractivity contribution in [1.82, 2.24) is 19.8 Å². The van der Waals surface area contributed by atoms with Gasteiger partial charge in [0.25, 0.3) is 0 Å². The second-order valence-corrected chi connectivity index (χ2v) is 10.9. The Morgan fingerprint density at radius 2 is 1.91 bits per heavy atom. The first-order valence-electron chi connectivity index (χ1n) is 11.0. The van der Waals surface area contributed by atoms with Crippen LogP contribution in [0.3, 0.4) is 0 Å². The Balaban J connectivity index is 1.45. The molecule has 1 fully saturated rings. The summed E-state index contributed by atoms with van der Waals surface area (Å²) in [5.74, 6) is -0.330. The van der Waals surface area contributed by atoms with Gasteiger partial charge in [0.2, 0.25) is 0 Å². The number of halogens is 3. The quantitative estimate of drug-likeness (QED) is 0.390. The summed E-state index contributed by atoms with van der Waals surface area (Å²) in [4.78, 5) is 13.5. The molecule has 1 saturated heterocycles. The molecule has 3 aromatic rings. The van der Waals surface area contributed by atoms with E-state index in [4.69, 9.17) is 11.6 Å². The Hall–Kier alpha value is -1.91. The van der Waals surface area contributed by atoms with Crippen molar-refractivity contribution in [2.24, 2.45) is 0 Å². The van der Waals surface area contributed by atoms with E-state index in [2.05, 4.69) is 54.3 Å². The second kappa shape index (κ2) is 11.2. The maximum Gasteiger partial charge on any atom is 0.153 e. The minimum atomic E-state index is -1.64. The molecule has 1 aliphatic rings. The summed E-state index contributed by atoms with van der Waals surface area (Å²) in [7, 11) is -1.64. The van der Waals surface area contributed by atoms with E-state index in [9.17, 15) is 4.21 Å². The van der Waals surface area contributed by atoms with Crippen LogP contribution in [0.2, 0.25) is 5.15 Å². The first kappa shape index (κ1) is 25.2. The maximum atomic E-state index is 15.0. The van der Waals surface area contributed by atoms with Gasteiger partial charge in [-0.3, -0.25) is 14.8 Å². The third-order valence-corrected chi connectivity index (χ3v) is 7.78. The fraction of sp³-hybridized carbons (Fsp3) is 0.333. The highest BCUT2D eigenvalue weighted by molar-refractivity contribution is 9.10. The molecule has 4 rings (SSSR count). The lowest BCUT2D eigenvalue weighted by Crippen LogP contribution is -2.48. The molecule has 1 aromatic carbocycles. The van der Waals surface area contributed by atoms with Gasteiger partial charge in [-0.1, -0.05) is 17.7 Å². The van der Waals surface area contributed by atoms with E-state index >= 15 is 4.39 Å². The van der Waals surface area contributed by atoms with Crippen LogP contribution in [-0.2, 0) is 17.5 Å². The summed E-state index contributed by atoms with van der Waals surface area (Å²) in [5, 5.41) is 0.149. The van der Waals surface area contributed by atoms with Crippen LogP contribution in [-0.4, -0.2) is 56.2 Å². The predicted octanol–water partition coefficient (Wildman–Crippen LogP) is 5.36. The topological polar surface area (TPSA) is 61.4 Å². The number of nitrogens with zero attached hydrogens (tertiary/aromatic N) is 4. The number of anilines is 1. The number of nitrogens with one attached hydrogen (secondary N) is 1. The molecule has 0 spiro atoms. The van der Waals surface area contributed by atoms with Gasteiger partial charge in [0, 0.05) is 61.2 Å². The number of hydrogen-bond donors (Lipinski definition) is 1. The molecule has 1 N–H and O–H groups in total. The van der Waals surface area contributed by atoms with Gasteiger partial charge >= 0.3 is 0 Å². The van der Waals surface area contributed by atoms with Gasteiger partial charge in [-0.25, -0.2) is 13.6 Å². The molecular weight excluding hydrogens is 541 g/mol. The molecule has 2 aromatic heterocycles. The van der Waals surface area contributed by atoms with Crippen LogP contribution in [0.1, 0.15) is 19.4 Å². The van der Waals surface area contributed by atoms with E-state index in [1.54, 1.807) is 36.5 Å². The van der Waals surface area contributed by atoms with E-state index < -0.39 is 11.0 Å². The fourth-order valence-corrected chi connectivity index (χ4v) is 5.59. The van der Waals surface area contributed by atoms with Crippen LogP contribution >= 0.6 is 27.5 Å². The highest BCUT2D eigenvalue weighted by atomic mass is 79.9. The summed E-state index contributed by atoms with van der Waals surface area (Å²) < 4.78 is 31.3. The molecule has 0 saturated carbocycles. The van der Waals surface area contributed by atoms with Crippen molar-refractivity contribution in [2.45, 2.75) is 31.3 Å². The predicted molar refractivity (Wildman–Crippen MR) is 139 cm³/mol. The second-order valence-electron chi connectivity index (χ2n) is 8.46. The third-order valence-electron chi connectivity index (χ3n) is 5.80. The first-order chi connectivity index (χ1) is 16.3. The van der Waals surface area contributed by atoms with Gasteiger partial charge in [-0.15, -0.1) is 0 Å². The SMILES string of the molecule is CC(C)N1CCN(Cc2ccc(-c3cc(NS(=O)c4cc(Br)cnc4Cl)ccn3)c(F)c2)CC1. The van der Waals surface area contributed by atoms with Crippen molar-refractivity contribution in [3.63, 3.8) is 0 Å². The molecule has 3 heterocycles. The van der Waals surface area contributed by atoms with Gasteiger partial charge in [0.1, 0.15) is 11.0 Å². The number of piperazine rings is 1. The minimum Gasteiger partial charge on any atom is -0.301 e. The zero-order chi connectivity index (χ0) is 24.2. The number of hydrogen-bond acceptors (Lipinski definition) is 5. The Morgan fingerprint density at radius 3 is 2.62 bits per heavy atom. The summed E-state index contributed by atoms with van der Waals surface area (Å²) in [6, 6.07) is 10.8. The molecule has 1 unspecified atom stereocenters. The molecule has 10 heteroatoms. The zero-order valence-electron chi connectivity index (χ0n) is 19.0. The molecule has 180 valence electrons. The van der Waals surface area contributed by atoms with Gasteiger partial charge < -0.3 is 4.72 Å². The molecule has 0 radical (unpaired) electrons. The van der Waals surface area contributed by atoms with Crippen molar-refractivity contribution in [3.8, 4) is 11.3 Å². The molecule has 1 aliphatic heterocycles. The minimum absolute atomic E-state index is 0.149. The van der Waals surface area contributed by atoms with E-state index in [0.717, 1.165) is 38.3 Å². The average molecular weight is 567 g/mol. The molecule has 0 bridgehead atoms. The van der Waals surface area contributed by atoms with Gasteiger partial charge in [0.05, 0.1) is 16.3 Å². The van der Waals surface area contributed by atoms with Gasteiger partial charge in [0.15, 0.2) is 11.0 Å². The molecule has 1 atom stereocenters. The van der Waals surface area contributed by atoms with Crippen molar-refractivity contribution in [2.75, 3.05) is 30.9 Å². The fourth-order valence-electron chi connectivity index (χ4n) is 3.90. The third kappa shape index (κ3) is 6.20. The lowest BCUT2D eigenvalue weighted by molar-refractivity contribution is 0.104. The van der Waals surface area contributed by atoms with E-state index in [1.165, 1.54) is 6.20 Å². The highest BCUT2D eigenvalue weighted by Gasteiger charge is 2.19. The van der Waals surface area contributed by atoms with Crippen LogP contribution in [0.25, 0.3) is 11.3 Å². The Kier molecular flexibility index (Phi) is 8.31. The van der Waals surface area contributed by atoms with E-state index in [-0.39, 0.29) is 11.0 Å². The highest BCUT2D eigenvalue weighted by Crippen LogP contribution is 2.27. The molecule has 0 amide bonds. The average Bonchev–Trinajstić information content (AvgIpc) is 2.81. The Bertz CT molecular complexity index is 1190. The van der Waals surface area contributed by atoms with Crippen molar-refractivity contribution in [3.05, 3.63) is 69.8 Å². The molecule has 6 nitrogen and oxygen atoms in total. The largest absolute Gasteiger partial charge is 0.301 e. The zero-order valence-corrected chi connectivity index (χ0v) is 22.1. The molecule has 0 aliphatic carbocycles. The Morgan fingerprint density at radius 1 is 1.15 bits per heavy atom. The van der Waals surface area contributed by atoms with Crippen LogP contribution in [0.15, 0.2) is 58.2 Å². The molecular formula is C24H26BrClFN5OS. The van der Waals surface area contributed by atoms with Gasteiger partial charge in [-0.2, -0.15) is 0 Å². The summed E-state index contributed by atoms with van der Waals surface area (Å²) >= 11 is 9.38. The summed E-state index contributed by atoms with van der Waals surface area (Å²) in [6.45, 7) is 9.17. The lowest BCUT2D eigenvalue weighted by Gasteiger charge is -2.36. The van der Waals surface area contributed by atoms with Crippen molar-refractivity contribution < 1.29 is 8.60 Å². The Labute approximate surface area is 215 Å².